The molecule has 0 aliphatic carbocycles. The van der Waals surface area contributed by atoms with Crippen LogP contribution in [-0.2, 0) is 18.4 Å². The molecule has 0 bridgehead atoms. The number of aromatic nitrogens is 4. The molecule has 0 aliphatic rings. The first-order valence-corrected chi connectivity index (χ1v) is 7.37. The zero-order valence-corrected chi connectivity index (χ0v) is 13.4. The van der Waals surface area contributed by atoms with E-state index in [-0.39, 0.29) is 29.1 Å². The summed E-state index contributed by atoms with van der Waals surface area (Å²) in [6.45, 7) is 2.70. The van der Waals surface area contributed by atoms with Crippen LogP contribution in [0, 0.1) is 0 Å². The maximum Gasteiger partial charge on any atom is 0.431 e. The highest BCUT2D eigenvalue weighted by Crippen LogP contribution is 2.30. The molecule has 9 heteroatoms. The molecule has 3 heterocycles. The summed E-state index contributed by atoms with van der Waals surface area (Å²) in [5.74, 6) is 0.172. The number of nitrogens with zero attached hydrogens (tertiary/aromatic N) is 3. The second kappa shape index (κ2) is 5.98. The predicted octanol–water partition coefficient (Wildman–Crippen LogP) is 4.19. The fraction of sp³-hybridized carbons (Fsp3) is 0.312. The lowest BCUT2D eigenvalue weighted by atomic mass is 10.1. The summed E-state index contributed by atoms with van der Waals surface area (Å²) in [5.41, 5.74) is -1.81. The molecule has 0 atom stereocenters. The summed E-state index contributed by atoms with van der Waals surface area (Å²) in [4.78, 5) is 14.0. The molecular weight excluding hydrogens is 338 g/mol. The molecule has 0 fully saturated rings. The summed E-state index contributed by atoms with van der Waals surface area (Å²) in [5, 5.41) is 1.29. The third kappa shape index (κ3) is 3.86. The molecule has 132 valence electrons. The number of rotatable bonds is 4. The summed E-state index contributed by atoms with van der Waals surface area (Å²) < 4.78 is 60.3. The third-order valence-electron chi connectivity index (χ3n) is 3.52. The monoisotopic (exact) mass is 354 g/mol. The number of anilines is 1. The minimum Gasteiger partial charge on any atom is -0.366 e. The Morgan fingerprint density at radius 1 is 1.12 bits per heavy atom. The Kier molecular flexibility index (Phi) is 3.78. The largest absolute Gasteiger partial charge is 0.431 e. The van der Waals surface area contributed by atoms with E-state index in [1.807, 2.05) is 0 Å². The van der Waals surface area contributed by atoms with Gasteiger partial charge >= 0.3 is 6.18 Å². The number of hydrogen-bond acceptors (Lipinski definition) is 4. The Hall–Kier alpha value is -2.71. The number of pyridine rings is 1. The second-order valence-corrected chi connectivity index (χ2v) is 6.01. The van der Waals surface area contributed by atoms with Crippen LogP contribution in [-0.4, -0.2) is 19.9 Å². The van der Waals surface area contributed by atoms with Gasteiger partial charge in [0, 0.05) is 24.2 Å². The van der Waals surface area contributed by atoms with Crippen molar-refractivity contribution in [3.05, 3.63) is 47.7 Å². The van der Waals surface area contributed by atoms with Crippen molar-refractivity contribution in [3.63, 3.8) is 0 Å². The molecule has 0 unspecified atom stereocenters. The Morgan fingerprint density at radius 3 is 2.56 bits per heavy atom. The van der Waals surface area contributed by atoms with Gasteiger partial charge in [0.15, 0.2) is 1.41 Å². The molecule has 2 N–H and O–H groups in total. The van der Waals surface area contributed by atoms with Crippen molar-refractivity contribution in [2.75, 3.05) is 5.31 Å². The van der Waals surface area contributed by atoms with Gasteiger partial charge in [-0.3, -0.25) is 0 Å². The average molecular weight is 354 g/mol. The standard InChI is InChI=1S/C16H15F4N5/c1-15(2,17)11-5-13(24-8-23-11)21-6-9-3-10-4-12(16(18,19)20)25-14(10)22-7-9/h3-5,7-8H,6H2,1-2H3,(H,22,25)(H,21,23,24)/i/hD. The lowest BCUT2D eigenvalue weighted by Gasteiger charge is -2.14. The zero-order chi connectivity index (χ0) is 19.1. The number of aromatic amines is 1. The van der Waals surface area contributed by atoms with E-state index in [9.17, 15) is 17.6 Å². The number of nitrogens with one attached hydrogen (secondary N) is 2. The molecule has 0 aromatic carbocycles. The molecule has 0 saturated carbocycles. The van der Waals surface area contributed by atoms with Crippen molar-refractivity contribution in [2.45, 2.75) is 32.2 Å². The lowest BCUT2D eigenvalue weighted by molar-refractivity contribution is -0.140. The summed E-state index contributed by atoms with van der Waals surface area (Å²) in [6, 6.07) is 3.84. The van der Waals surface area contributed by atoms with E-state index in [1.165, 1.54) is 32.2 Å². The molecule has 3 aromatic rings. The molecule has 25 heavy (non-hydrogen) atoms. The van der Waals surface area contributed by atoms with Crippen molar-refractivity contribution in [1.29, 1.82) is 0 Å². The topological polar surface area (TPSA) is 66.5 Å². The van der Waals surface area contributed by atoms with Crippen molar-refractivity contribution < 1.29 is 19.0 Å². The van der Waals surface area contributed by atoms with E-state index in [0.29, 0.717) is 5.56 Å². The highest BCUT2D eigenvalue weighted by atomic mass is 19.4. The molecule has 0 spiro atoms. The van der Waals surface area contributed by atoms with Gasteiger partial charge in [0.2, 0.25) is 0 Å². The predicted molar refractivity (Wildman–Crippen MR) is 84.6 cm³/mol. The van der Waals surface area contributed by atoms with Gasteiger partial charge in [0.25, 0.3) is 0 Å². The third-order valence-corrected chi connectivity index (χ3v) is 3.52. The normalized spacial score (nSPS) is 13.1. The number of alkyl halides is 4. The molecule has 0 saturated heterocycles. The molecule has 0 aliphatic heterocycles. The summed E-state index contributed by atoms with van der Waals surface area (Å²) >= 11 is 0. The molecule has 3 rings (SSSR count). The van der Waals surface area contributed by atoms with E-state index in [1.54, 1.807) is 0 Å². The van der Waals surface area contributed by atoms with Crippen LogP contribution in [0.3, 0.4) is 0 Å². The summed E-state index contributed by atoms with van der Waals surface area (Å²) in [7, 11) is 0. The van der Waals surface area contributed by atoms with Gasteiger partial charge in [-0.25, -0.2) is 19.3 Å². The van der Waals surface area contributed by atoms with Gasteiger partial charge in [-0.05, 0) is 31.5 Å². The molecule has 5 nitrogen and oxygen atoms in total. The van der Waals surface area contributed by atoms with E-state index in [0.717, 1.165) is 17.7 Å². The Labute approximate surface area is 142 Å². The number of hydrogen-bond donors (Lipinski definition) is 2. The SMILES string of the molecule is [2H]N(Cc1cnc2[nH]c(C(F)(F)F)cc2c1)c1cc(C(C)(C)F)ncn1. The van der Waals surface area contributed by atoms with Crippen LogP contribution >= 0.6 is 0 Å². The van der Waals surface area contributed by atoms with Gasteiger partial charge in [-0.1, -0.05) is 0 Å². The van der Waals surface area contributed by atoms with Crippen LogP contribution in [0.2, 0.25) is 1.41 Å². The molecule has 3 aromatic heterocycles. The van der Waals surface area contributed by atoms with E-state index in [4.69, 9.17) is 1.41 Å². The average Bonchev–Trinajstić information content (AvgIpc) is 2.98. The quantitative estimate of drug-likeness (QED) is 0.690. The highest BCUT2D eigenvalue weighted by Gasteiger charge is 2.32. The molecular formula is C16H15F4N5. The second-order valence-electron chi connectivity index (χ2n) is 6.01. The van der Waals surface area contributed by atoms with Crippen LogP contribution in [0.1, 0.15) is 30.8 Å². The van der Waals surface area contributed by atoms with E-state index >= 15 is 0 Å². The van der Waals surface area contributed by atoms with Gasteiger partial charge in [-0.15, -0.1) is 0 Å². The van der Waals surface area contributed by atoms with Crippen LogP contribution in [0.15, 0.2) is 30.7 Å². The van der Waals surface area contributed by atoms with E-state index < -0.39 is 17.5 Å². The van der Waals surface area contributed by atoms with Crippen LogP contribution in [0.25, 0.3) is 11.0 Å². The lowest BCUT2D eigenvalue weighted by Crippen LogP contribution is -2.13. The Balaban J connectivity index is 1.84. The first kappa shape index (κ1) is 15.8. The Morgan fingerprint density at radius 2 is 1.88 bits per heavy atom. The molecule has 0 radical (unpaired) electrons. The maximum atomic E-state index is 14.0. The van der Waals surface area contributed by atoms with Crippen molar-refractivity contribution in [2.24, 2.45) is 0 Å². The van der Waals surface area contributed by atoms with Gasteiger partial charge < -0.3 is 10.3 Å². The Bertz CT molecular complexity index is 932. The van der Waals surface area contributed by atoms with Crippen molar-refractivity contribution >= 4 is 16.9 Å². The number of halogens is 4. The van der Waals surface area contributed by atoms with Crippen LogP contribution in [0.5, 0.6) is 0 Å². The van der Waals surface area contributed by atoms with Crippen molar-refractivity contribution in [3.8, 4) is 0 Å². The van der Waals surface area contributed by atoms with Gasteiger partial charge in [0.1, 0.15) is 29.2 Å². The summed E-state index contributed by atoms with van der Waals surface area (Å²) in [6.07, 6.45) is -1.95. The van der Waals surface area contributed by atoms with Crippen LogP contribution < -0.4 is 5.31 Å². The first-order chi connectivity index (χ1) is 12.0. The fourth-order valence-electron chi connectivity index (χ4n) is 2.23. The van der Waals surface area contributed by atoms with Gasteiger partial charge in [0.05, 0.1) is 5.69 Å². The maximum absolute atomic E-state index is 14.0. The minimum absolute atomic E-state index is 0.0125. The highest BCUT2D eigenvalue weighted by molar-refractivity contribution is 5.77. The number of H-pyrrole nitrogens is 1. The zero-order valence-electron chi connectivity index (χ0n) is 14.4. The fourth-order valence-corrected chi connectivity index (χ4v) is 2.23. The van der Waals surface area contributed by atoms with Gasteiger partial charge in [-0.2, -0.15) is 13.2 Å². The van der Waals surface area contributed by atoms with Crippen molar-refractivity contribution in [1.82, 2.24) is 19.9 Å². The van der Waals surface area contributed by atoms with Crippen LogP contribution in [0.4, 0.5) is 23.4 Å². The van der Waals surface area contributed by atoms with E-state index in [2.05, 4.69) is 19.9 Å². The minimum atomic E-state index is -4.49. The smallest absolute Gasteiger partial charge is 0.366 e. The number of fused-ring (bicyclic) bond motifs is 1. The molecule has 0 amide bonds. The first-order valence-electron chi connectivity index (χ1n) is 7.81.